The number of nitrogens with one attached hydrogen (secondary N) is 1. The summed E-state index contributed by atoms with van der Waals surface area (Å²) in [6.07, 6.45) is 3.89. The number of carbonyl (C=O) groups is 1. The smallest absolute Gasteiger partial charge is 0.280 e. The number of thiazole rings is 1. The van der Waals surface area contributed by atoms with E-state index in [4.69, 9.17) is 4.98 Å². The summed E-state index contributed by atoms with van der Waals surface area (Å²) < 4.78 is 4.88. The summed E-state index contributed by atoms with van der Waals surface area (Å²) in [5, 5.41) is 1.99. The van der Waals surface area contributed by atoms with Gasteiger partial charge in [0.1, 0.15) is 5.69 Å². The molecular weight excluding hydrogens is 400 g/mol. The second-order valence-electron chi connectivity index (χ2n) is 6.78. The first kappa shape index (κ1) is 19.5. The summed E-state index contributed by atoms with van der Waals surface area (Å²) in [4.78, 5) is 20.1. The summed E-state index contributed by atoms with van der Waals surface area (Å²) in [7, 11) is 2.05. The lowest BCUT2D eigenvalue weighted by Gasteiger charge is -2.22. The van der Waals surface area contributed by atoms with Crippen LogP contribution in [0.25, 0.3) is 10.9 Å². The predicted molar refractivity (Wildman–Crippen MR) is 123 cm³/mol. The van der Waals surface area contributed by atoms with Crippen molar-refractivity contribution in [2.75, 3.05) is 11.2 Å². The van der Waals surface area contributed by atoms with Crippen LogP contribution < -0.4 is 9.62 Å². The average Bonchev–Trinajstić information content (AvgIpc) is 3.29. The van der Waals surface area contributed by atoms with Crippen LogP contribution in [0.5, 0.6) is 0 Å². The molecule has 0 radical (unpaired) electrons. The highest BCUT2D eigenvalue weighted by Crippen LogP contribution is 2.34. The van der Waals surface area contributed by atoms with Gasteiger partial charge >= 0.3 is 0 Å². The van der Waals surface area contributed by atoms with Crippen LogP contribution in [0.15, 0.2) is 60.8 Å². The van der Waals surface area contributed by atoms with Gasteiger partial charge < -0.3 is 9.47 Å². The minimum Gasteiger partial charge on any atom is -0.351 e. The minimum absolute atomic E-state index is 0.157. The Balaban J connectivity index is 1.77. The highest BCUT2D eigenvalue weighted by molar-refractivity contribution is 7.97. The van der Waals surface area contributed by atoms with Crippen LogP contribution >= 0.6 is 23.3 Å². The van der Waals surface area contributed by atoms with Crippen molar-refractivity contribution in [1.82, 2.24) is 14.3 Å². The van der Waals surface area contributed by atoms with Crippen LogP contribution in [0.3, 0.4) is 0 Å². The number of anilines is 2. The first-order valence-corrected chi connectivity index (χ1v) is 11.3. The van der Waals surface area contributed by atoms with Gasteiger partial charge in [-0.05, 0) is 36.8 Å². The second kappa shape index (κ2) is 8.31. The molecule has 7 heteroatoms. The fraction of sp³-hybridized carbons (Fsp3) is 0.182. The molecule has 0 saturated heterocycles. The summed E-state index contributed by atoms with van der Waals surface area (Å²) in [6.45, 7) is 2.62. The fourth-order valence-electron chi connectivity index (χ4n) is 3.32. The molecule has 0 aliphatic heterocycles. The monoisotopic (exact) mass is 422 g/mol. The third-order valence-corrected chi connectivity index (χ3v) is 6.17. The maximum atomic E-state index is 12.4. The average molecular weight is 423 g/mol. The van der Waals surface area contributed by atoms with Crippen molar-refractivity contribution in [2.45, 2.75) is 13.5 Å². The van der Waals surface area contributed by atoms with E-state index in [1.54, 1.807) is 11.3 Å². The Kier molecular flexibility index (Phi) is 5.60. The molecule has 0 bridgehead atoms. The number of amides is 1. The Hall–Kier alpha value is -2.77. The van der Waals surface area contributed by atoms with E-state index < -0.39 is 0 Å². The Morgan fingerprint density at radius 1 is 1.21 bits per heavy atom. The van der Waals surface area contributed by atoms with Crippen molar-refractivity contribution in [3.63, 3.8) is 0 Å². The number of fused-ring (bicyclic) bond motifs is 1. The van der Waals surface area contributed by atoms with Gasteiger partial charge in [0, 0.05) is 41.0 Å². The van der Waals surface area contributed by atoms with E-state index in [0.717, 1.165) is 15.7 Å². The molecule has 2 aromatic heterocycles. The van der Waals surface area contributed by atoms with E-state index in [1.165, 1.54) is 28.4 Å². The van der Waals surface area contributed by atoms with Crippen LogP contribution in [0.4, 0.5) is 10.8 Å². The van der Waals surface area contributed by atoms with Crippen LogP contribution in [0.1, 0.15) is 20.9 Å². The molecule has 0 saturated carbocycles. The Morgan fingerprint density at radius 2 is 2.00 bits per heavy atom. The number of benzene rings is 2. The van der Waals surface area contributed by atoms with Crippen molar-refractivity contribution in [3.8, 4) is 0 Å². The number of rotatable bonds is 6. The normalized spacial score (nSPS) is 11.0. The molecule has 29 heavy (non-hydrogen) atoms. The summed E-state index contributed by atoms with van der Waals surface area (Å²) >= 11 is 2.82. The van der Waals surface area contributed by atoms with Crippen LogP contribution in [0.2, 0.25) is 0 Å². The highest BCUT2D eigenvalue weighted by Gasteiger charge is 2.20. The number of hydrogen-bond acceptors (Lipinski definition) is 5. The van der Waals surface area contributed by atoms with Gasteiger partial charge in [-0.2, -0.15) is 0 Å². The minimum atomic E-state index is -0.157. The Bertz CT molecular complexity index is 1150. The second-order valence-corrected chi connectivity index (χ2v) is 8.57. The third kappa shape index (κ3) is 4.02. The van der Waals surface area contributed by atoms with Gasteiger partial charge in [0.05, 0.1) is 6.54 Å². The van der Waals surface area contributed by atoms with Gasteiger partial charge in [0.25, 0.3) is 5.91 Å². The van der Waals surface area contributed by atoms with Crippen molar-refractivity contribution in [1.29, 1.82) is 0 Å². The van der Waals surface area contributed by atoms with E-state index in [9.17, 15) is 4.79 Å². The van der Waals surface area contributed by atoms with Crippen LogP contribution in [-0.2, 0) is 13.6 Å². The third-order valence-electron chi connectivity index (χ3n) is 4.79. The molecule has 0 aliphatic rings. The van der Waals surface area contributed by atoms with Gasteiger partial charge in [0.2, 0.25) is 0 Å². The predicted octanol–water partition coefficient (Wildman–Crippen LogP) is 5.29. The lowest BCUT2D eigenvalue weighted by molar-refractivity contribution is 0.0980. The maximum absolute atomic E-state index is 12.4. The van der Waals surface area contributed by atoms with E-state index >= 15 is 0 Å². The molecule has 2 aromatic carbocycles. The molecular formula is C22H22N4OS2. The number of hydrogen-bond donors (Lipinski definition) is 1. The number of aryl methyl sites for hydroxylation is 2. The van der Waals surface area contributed by atoms with Gasteiger partial charge in [-0.25, -0.2) is 4.98 Å². The standard InChI is InChI=1S/C22H22N4OS2/c1-15-20(21(27)24-28-3)23-22(29-15)26(14-16-7-5-4-6-8-16)18-9-10-19-17(13-18)11-12-25(19)2/h4-13H,14H2,1-3H3,(H,24,27). The fourth-order valence-corrected chi connectivity index (χ4v) is 4.53. The van der Waals surface area contributed by atoms with Crippen molar-refractivity contribution in [2.24, 2.45) is 7.05 Å². The molecule has 0 aliphatic carbocycles. The molecule has 0 fully saturated rings. The molecule has 0 spiro atoms. The summed E-state index contributed by atoms with van der Waals surface area (Å²) in [5.41, 5.74) is 3.91. The quantitative estimate of drug-likeness (QED) is 0.429. The first-order chi connectivity index (χ1) is 14.1. The zero-order valence-corrected chi connectivity index (χ0v) is 18.2. The zero-order chi connectivity index (χ0) is 20.4. The van der Waals surface area contributed by atoms with Gasteiger partial charge in [-0.15, -0.1) is 11.3 Å². The molecule has 148 valence electrons. The summed E-state index contributed by atoms with van der Waals surface area (Å²) in [6, 6.07) is 18.8. The molecule has 1 amide bonds. The molecule has 1 N–H and O–H groups in total. The van der Waals surface area contributed by atoms with Crippen LogP contribution in [-0.4, -0.2) is 21.7 Å². The lowest BCUT2D eigenvalue weighted by Crippen LogP contribution is -2.19. The lowest BCUT2D eigenvalue weighted by atomic mass is 10.2. The molecule has 0 unspecified atom stereocenters. The van der Waals surface area contributed by atoms with Crippen molar-refractivity contribution >= 4 is 50.9 Å². The molecule has 4 rings (SSSR count). The van der Waals surface area contributed by atoms with Crippen molar-refractivity contribution < 1.29 is 4.79 Å². The van der Waals surface area contributed by atoms with E-state index in [0.29, 0.717) is 12.2 Å². The number of nitrogens with zero attached hydrogens (tertiary/aromatic N) is 3. The first-order valence-electron chi connectivity index (χ1n) is 9.24. The largest absolute Gasteiger partial charge is 0.351 e. The molecule has 0 atom stereocenters. The molecule has 2 heterocycles. The molecule has 4 aromatic rings. The SMILES string of the molecule is CSNC(=O)c1nc(N(Cc2ccccc2)c2ccc3c(ccn3C)c2)sc1C. The van der Waals surface area contributed by atoms with Crippen LogP contribution in [0, 0.1) is 6.92 Å². The highest BCUT2D eigenvalue weighted by atomic mass is 32.2. The van der Waals surface area contributed by atoms with Crippen molar-refractivity contribution in [3.05, 3.63) is 76.9 Å². The summed E-state index contributed by atoms with van der Waals surface area (Å²) in [5.74, 6) is -0.157. The zero-order valence-electron chi connectivity index (χ0n) is 16.5. The van der Waals surface area contributed by atoms with E-state index in [-0.39, 0.29) is 5.91 Å². The van der Waals surface area contributed by atoms with Gasteiger partial charge in [0.15, 0.2) is 5.13 Å². The molecule has 5 nitrogen and oxygen atoms in total. The number of carbonyl (C=O) groups excluding carboxylic acids is 1. The Morgan fingerprint density at radius 3 is 2.76 bits per heavy atom. The topological polar surface area (TPSA) is 50.2 Å². The van der Waals surface area contributed by atoms with Gasteiger partial charge in [-0.1, -0.05) is 42.3 Å². The number of aromatic nitrogens is 2. The van der Waals surface area contributed by atoms with Gasteiger partial charge in [-0.3, -0.25) is 9.52 Å². The van der Waals surface area contributed by atoms with E-state index in [1.807, 2.05) is 38.4 Å². The van der Waals surface area contributed by atoms with E-state index in [2.05, 4.69) is 56.8 Å². The Labute approximate surface area is 178 Å². The maximum Gasteiger partial charge on any atom is 0.280 e.